The molecule has 0 saturated carbocycles. The van der Waals surface area contributed by atoms with Crippen molar-refractivity contribution in [2.45, 2.75) is 39.7 Å². The van der Waals surface area contributed by atoms with Gasteiger partial charge in [-0.1, -0.05) is 19.0 Å². The molecule has 1 rings (SSSR count). The minimum Gasteiger partial charge on any atom is -0.480 e. The molecule has 0 aliphatic carbocycles. The fraction of sp³-hybridized carbons (Fsp3) is 0.571. The number of rotatable bonds is 8. The number of aliphatic carboxylic acids is 1. The van der Waals surface area contributed by atoms with Crippen LogP contribution < -0.4 is 10.6 Å². The van der Waals surface area contributed by atoms with Gasteiger partial charge >= 0.3 is 5.97 Å². The summed E-state index contributed by atoms with van der Waals surface area (Å²) in [6.45, 7) is 5.16. The first-order valence-corrected chi connectivity index (χ1v) is 6.99. The second-order valence-electron chi connectivity index (χ2n) is 5.47. The second kappa shape index (κ2) is 8.16. The second-order valence-corrected chi connectivity index (χ2v) is 5.47. The van der Waals surface area contributed by atoms with Crippen LogP contribution in [-0.4, -0.2) is 40.6 Å². The van der Waals surface area contributed by atoms with E-state index in [-0.39, 0.29) is 24.8 Å². The number of carboxylic acid groups (broad SMARTS) is 1. The van der Waals surface area contributed by atoms with E-state index >= 15 is 0 Å². The van der Waals surface area contributed by atoms with Crippen LogP contribution in [-0.2, 0) is 20.8 Å². The highest BCUT2D eigenvalue weighted by molar-refractivity contribution is 5.88. The van der Waals surface area contributed by atoms with Gasteiger partial charge in [0, 0.05) is 6.07 Å². The molecule has 2 amide bonds. The Morgan fingerprint density at radius 2 is 2.00 bits per heavy atom. The molecule has 22 heavy (non-hydrogen) atoms. The maximum atomic E-state index is 11.7. The van der Waals surface area contributed by atoms with E-state index < -0.39 is 17.9 Å². The van der Waals surface area contributed by atoms with Gasteiger partial charge in [0.15, 0.2) is 0 Å². The van der Waals surface area contributed by atoms with Crippen molar-refractivity contribution in [3.63, 3.8) is 0 Å². The molecular weight excluding hydrogens is 290 g/mol. The standard InChI is InChI=1S/C14H21N3O5/c1-8(2)4-11(14(20)21)16-13(19)7-15-12(18)6-10-5-9(3)22-17-10/h5,8,11H,4,6-7H2,1-3H3,(H,15,18)(H,16,19)(H,20,21)/t11-/m0/s1. The summed E-state index contributed by atoms with van der Waals surface area (Å²) in [5, 5.41) is 17.5. The first-order valence-electron chi connectivity index (χ1n) is 6.99. The van der Waals surface area contributed by atoms with E-state index in [4.69, 9.17) is 9.63 Å². The summed E-state index contributed by atoms with van der Waals surface area (Å²) in [6.07, 6.45) is 0.326. The molecule has 0 radical (unpaired) electrons. The maximum absolute atomic E-state index is 11.7. The Bertz CT molecular complexity index is 538. The van der Waals surface area contributed by atoms with Crippen LogP contribution in [0.4, 0.5) is 0 Å². The number of hydrogen-bond acceptors (Lipinski definition) is 5. The largest absolute Gasteiger partial charge is 0.480 e. The van der Waals surface area contributed by atoms with Crippen molar-refractivity contribution in [2.75, 3.05) is 6.54 Å². The molecule has 0 fully saturated rings. The highest BCUT2D eigenvalue weighted by Crippen LogP contribution is 2.05. The molecular formula is C14H21N3O5. The van der Waals surface area contributed by atoms with Crippen molar-refractivity contribution >= 4 is 17.8 Å². The fourth-order valence-corrected chi connectivity index (χ4v) is 1.85. The van der Waals surface area contributed by atoms with Gasteiger partial charge in [0.05, 0.1) is 18.7 Å². The summed E-state index contributed by atoms with van der Waals surface area (Å²) in [5.74, 6) is -1.30. The average molecular weight is 311 g/mol. The van der Waals surface area contributed by atoms with Crippen LogP contribution in [0.1, 0.15) is 31.7 Å². The Morgan fingerprint density at radius 1 is 1.32 bits per heavy atom. The third-order valence-corrected chi connectivity index (χ3v) is 2.80. The van der Waals surface area contributed by atoms with Gasteiger partial charge < -0.3 is 20.3 Å². The first kappa shape index (κ1) is 17.7. The third-order valence-electron chi connectivity index (χ3n) is 2.80. The van der Waals surface area contributed by atoms with Crippen molar-refractivity contribution in [3.05, 3.63) is 17.5 Å². The zero-order valence-corrected chi connectivity index (χ0v) is 12.9. The summed E-state index contributed by atoms with van der Waals surface area (Å²) >= 11 is 0. The van der Waals surface area contributed by atoms with E-state index in [0.29, 0.717) is 17.9 Å². The van der Waals surface area contributed by atoms with E-state index in [0.717, 1.165) is 0 Å². The van der Waals surface area contributed by atoms with Crippen LogP contribution in [0, 0.1) is 12.8 Å². The molecule has 3 N–H and O–H groups in total. The van der Waals surface area contributed by atoms with Gasteiger partial charge in [0.2, 0.25) is 11.8 Å². The molecule has 1 heterocycles. The van der Waals surface area contributed by atoms with Crippen LogP contribution in [0.15, 0.2) is 10.6 Å². The lowest BCUT2D eigenvalue weighted by Gasteiger charge is -2.16. The third kappa shape index (κ3) is 6.38. The lowest BCUT2D eigenvalue weighted by molar-refractivity contribution is -0.142. The predicted molar refractivity (Wildman–Crippen MR) is 77.0 cm³/mol. The Labute approximate surface area is 128 Å². The fourth-order valence-electron chi connectivity index (χ4n) is 1.85. The maximum Gasteiger partial charge on any atom is 0.326 e. The molecule has 0 aliphatic rings. The van der Waals surface area contributed by atoms with E-state index in [1.807, 2.05) is 13.8 Å². The molecule has 1 aromatic rings. The van der Waals surface area contributed by atoms with Gasteiger partial charge in [-0.05, 0) is 19.3 Å². The lowest BCUT2D eigenvalue weighted by atomic mass is 10.0. The van der Waals surface area contributed by atoms with Crippen molar-refractivity contribution in [3.8, 4) is 0 Å². The highest BCUT2D eigenvalue weighted by Gasteiger charge is 2.21. The number of hydrogen-bond donors (Lipinski definition) is 3. The molecule has 1 aromatic heterocycles. The number of carbonyl (C=O) groups is 3. The van der Waals surface area contributed by atoms with E-state index in [1.54, 1.807) is 13.0 Å². The molecule has 0 aromatic carbocycles. The Hall–Kier alpha value is -2.38. The van der Waals surface area contributed by atoms with Crippen LogP contribution in [0.25, 0.3) is 0 Å². The zero-order valence-electron chi connectivity index (χ0n) is 12.9. The van der Waals surface area contributed by atoms with E-state index in [1.165, 1.54) is 0 Å². The van der Waals surface area contributed by atoms with Crippen molar-refractivity contribution < 1.29 is 24.0 Å². The molecule has 0 unspecified atom stereocenters. The van der Waals surface area contributed by atoms with Crippen LogP contribution >= 0.6 is 0 Å². The summed E-state index contributed by atoms with van der Waals surface area (Å²) in [4.78, 5) is 34.3. The van der Waals surface area contributed by atoms with Gasteiger partial charge in [0.1, 0.15) is 11.8 Å². The van der Waals surface area contributed by atoms with Gasteiger partial charge in [-0.3, -0.25) is 9.59 Å². The number of nitrogens with one attached hydrogen (secondary N) is 2. The predicted octanol–water partition coefficient (Wildman–Crippen LogP) is 0.257. The number of aryl methyl sites for hydroxylation is 1. The molecule has 122 valence electrons. The van der Waals surface area contributed by atoms with Crippen molar-refractivity contribution in [2.24, 2.45) is 5.92 Å². The SMILES string of the molecule is Cc1cc(CC(=O)NCC(=O)N[C@@H](CC(C)C)C(=O)O)no1. The zero-order chi connectivity index (χ0) is 16.7. The van der Waals surface area contributed by atoms with Crippen molar-refractivity contribution in [1.29, 1.82) is 0 Å². The highest BCUT2D eigenvalue weighted by atomic mass is 16.5. The normalized spacial score (nSPS) is 12.0. The molecule has 8 heteroatoms. The van der Waals surface area contributed by atoms with Crippen LogP contribution in [0.3, 0.4) is 0 Å². The molecule has 1 atom stereocenters. The Morgan fingerprint density at radius 3 is 2.50 bits per heavy atom. The summed E-state index contributed by atoms with van der Waals surface area (Å²) in [5.41, 5.74) is 0.471. The minimum atomic E-state index is -1.09. The number of aromatic nitrogens is 1. The Kier molecular flexibility index (Phi) is 6.55. The molecule has 0 aliphatic heterocycles. The van der Waals surface area contributed by atoms with Gasteiger partial charge in [-0.15, -0.1) is 0 Å². The molecule has 0 bridgehead atoms. The summed E-state index contributed by atoms with van der Waals surface area (Å²) < 4.78 is 4.83. The molecule has 0 saturated heterocycles. The van der Waals surface area contributed by atoms with Crippen molar-refractivity contribution in [1.82, 2.24) is 15.8 Å². The van der Waals surface area contributed by atoms with Gasteiger partial charge in [-0.25, -0.2) is 4.79 Å². The topological polar surface area (TPSA) is 122 Å². The summed E-state index contributed by atoms with van der Waals surface area (Å²) in [6, 6.07) is 0.672. The van der Waals surface area contributed by atoms with E-state index in [9.17, 15) is 14.4 Å². The number of carbonyl (C=O) groups excluding carboxylic acids is 2. The summed E-state index contributed by atoms with van der Waals surface area (Å²) in [7, 11) is 0. The molecule has 0 spiro atoms. The van der Waals surface area contributed by atoms with Gasteiger partial charge in [-0.2, -0.15) is 0 Å². The number of carboxylic acids is 1. The van der Waals surface area contributed by atoms with Gasteiger partial charge in [0.25, 0.3) is 0 Å². The lowest BCUT2D eigenvalue weighted by Crippen LogP contribution is -2.46. The number of nitrogens with zero attached hydrogens (tertiary/aromatic N) is 1. The average Bonchev–Trinajstić information content (AvgIpc) is 2.80. The number of amides is 2. The first-order chi connectivity index (χ1) is 10.3. The monoisotopic (exact) mass is 311 g/mol. The van der Waals surface area contributed by atoms with E-state index in [2.05, 4.69) is 15.8 Å². The van der Waals surface area contributed by atoms with Crippen LogP contribution in [0.2, 0.25) is 0 Å². The smallest absolute Gasteiger partial charge is 0.326 e. The quantitative estimate of drug-likeness (QED) is 0.633. The Balaban J connectivity index is 2.38. The van der Waals surface area contributed by atoms with Crippen LogP contribution in [0.5, 0.6) is 0 Å². The minimum absolute atomic E-state index is 0.00102. The molecule has 8 nitrogen and oxygen atoms in total.